The molecule has 1 aliphatic rings. The highest BCUT2D eigenvalue weighted by molar-refractivity contribution is 6.01. The second-order valence-corrected chi connectivity index (χ2v) is 5.96. The maximum atomic E-state index is 12.2. The van der Waals surface area contributed by atoms with Crippen molar-refractivity contribution in [2.75, 3.05) is 19.0 Å². The molecule has 0 radical (unpaired) electrons. The number of nitriles is 1. The van der Waals surface area contributed by atoms with Crippen LogP contribution in [-0.2, 0) is 4.79 Å². The maximum absolute atomic E-state index is 12.2. The first-order valence-electron chi connectivity index (χ1n) is 7.80. The van der Waals surface area contributed by atoms with Crippen molar-refractivity contribution in [1.29, 1.82) is 5.26 Å². The predicted octanol–water partition coefficient (Wildman–Crippen LogP) is 3.11. The Kier molecular flexibility index (Phi) is 5.60. The summed E-state index contributed by atoms with van der Waals surface area (Å²) in [4.78, 5) is 14.2. The van der Waals surface area contributed by atoms with Gasteiger partial charge in [0.1, 0.15) is 11.6 Å². The average molecular weight is 297 g/mol. The van der Waals surface area contributed by atoms with E-state index in [1.807, 2.05) is 49.3 Å². The number of hydrogen-bond donors (Lipinski definition) is 1. The molecule has 0 bridgehead atoms. The molecule has 2 rings (SSSR count). The summed E-state index contributed by atoms with van der Waals surface area (Å²) >= 11 is 0. The van der Waals surface area contributed by atoms with Crippen LogP contribution in [0, 0.1) is 11.3 Å². The lowest BCUT2D eigenvalue weighted by molar-refractivity contribution is -0.117. The summed E-state index contributed by atoms with van der Waals surface area (Å²) in [6.45, 7) is 0. The lowest BCUT2D eigenvalue weighted by Gasteiger charge is -2.22. The number of hydrogen-bond acceptors (Lipinski definition) is 3. The van der Waals surface area contributed by atoms with Crippen molar-refractivity contribution in [3.63, 3.8) is 0 Å². The van der Waals surface area contributed by atoms with Gasteiger partial charge in [-0.25, -0.2) is 0 Å². The minimum Gasteiger partial charge on any atom is -0.378 e. The van der Waals surface area contributed by atoms with E-state index in [4.69, 9.17) is 0 Å². The zero-order chi connectivity index (χ0) is 15.9. The topological polar surface area (TPSA) is 56.1 Å². The SMILES string of the molecule is CN(C)c1ccc(/C=C(\C#N)C(=O)NC2CCCCC2)cc1. The summed E-state index contributed by atoms with van der Waals surface area (Å²) in [7, 11) is 3.95. The number of carbonyl (C=O) groups excluding carboxylic acids is 1. The molecule has 22 heavy (non-hydrogen) atoms. The third-order valence-corrected chi connectivity index (χ3v) is 4.03. The Labute approximate surface area is 132 Å². The van der Waals surface area contributed by atoms with E-state index < -0.39 is 0 Å². The average Bonchev–Trinajstić information content (AvgIpc) is 2.53. The third-order valence-electron chi connectivity index (χ3n) is 4.03. The van der Waals surface area contributed by atoms with Gasteiger partial charge in [-0.05, 0) is 36.6 Å². The van der Waals surface area contributed by atoms with Crippen LogP contribution in [-0.4, -0.2) is 26.0 Å². The Hall–Kier alpha value is -2.28. The van der Waals surface area contributed by atoms with Crippen LogP contribution in [0.5, 0.6) is 0 Å². The maximum Gasteiger partial charge on any atom is 0.262 e. The second-order valence-electron chi connectivity index (χ2n) is 5.96. The van der Waals surface area contributed by atoms with E-state index in [0.29, 0.717) is 0 Å². The van der Waals surface area contributed by atoms with Gasteiger partial charge in [0.25, 0.3) is 5.91 Å². The number of rotatable bonds is 4. The number of benzene rings is 1. The van der Waals surface area contributed by atoms with Crippen LogP contribution in [0.4, 0.5) is 5.69 Å². The molecule has 1 N–H and O–H groups in total. The summed E-state index contributed by atoms with van der Waals surface area (Å²) < 4.78 is 0. The molecule has 1 amide bonds. The fourth-order valence-electron chi connectivity index (χ4n) is 2.69. The summed E-state index contributed by atoms with van der Waals surface area (Å²) in [5.74, 6) is -0.258. The van der Waals surface area contributed by atoms with Crippen molar-refractivity contribution >= 4 is 17.7 Å². The molecule has 0 spiro atoms. The molecule has 0 saturated heterocycles. The van der Waals surface area contributed by atoms with Crippen molar-refractivity contribution in [3.05, 3.63) is 35.4 Å². The van der Waals surface area contributed by atoms with Crippen LogP contribution in [0.15, 0.2) is 29.8 Å². The predicted molar refractivity (Wildman–Crippen MR) is 89.4 cm³/mol. The van der Waals surface area contributed by atoms with Crippen LogP contribution in [0.3, 0.4) is 0 Å². The van der Waals surface area contributed by atoms with Crippen molar-refractivity contribution in [3.8, 4) is 6.07 Å². The molecule has 0 heterocycles. The van der Waals surface area contributed by atoms with E-state index in [1.165, 1.54) is 6.42 Å². The molecule has 1 saturated carbocycles. The van der Waals surface area contributed by atoms with Crippen LogP contribution >= 0.6 is 0 Å². The van der Waals surface area contributed by atoms with Crippen LogP contribution < -0.4 is 10.2 Å². The Morgan fingerprint density at radius 3 is 2.41 bits per heavy atom. The van der Waals surface area contributed by atoms with E-state index in [2.05, 4.69) is 5.32 Å². The van der Waals surface area contributed by atoms with E-state index in [0.717, 1.165) is 36.9 Å². The molecule has 0 unspecified atom stereocenters. The van der Waals surface area contributed by atoms with Gasteiger partial charge < -0.3 is 10.2 Å². The number of anilines is 1. The van der Waals surface area contributed by atoms with E-state index in [-0.39, 0.29) is 17.5 Å². The van der Waals surface area contributed by atoms with Gasteiger partial charge in [0.05, 0.1) is 0 Å². The Morgan fingerprint density at radius 1 is 1.23 bits per heavy atom. The molecule has 0 aromatic heterocycles. The van der Waals surface area contributed by atoms with Gasteiger partial charge in [0, 0.05) is 25.8 Å². The van der Waals surface area contributed by atoms with E-state index in [1.54, 1.807) is 6.08 Å². The molecular formula is C18H23N3O. The normalized spacial score (nSPS) is 16.0. The first-order chi connectivity index (χ1) is 10.6. The van der Waals surface area contributed by atoms with Gasteiger partial charge in [-0.2, -0.15) is 5.26 Å². The first kappa shape index (κ1) is 16.1. The quantitative estimate of drug-likeness (QED) is 0.686. The highest BCUT2D eigenvalue weighted by Gasteiger charge is 2.17. The van der Waals surface area contributed by atoms with E-state index >= 15 is 0 Å². The molecule has 4 nitrogen and oxygen atoms in total. The minimum atomic E-state index is -0.258. The van der Waals surface area contributed by atoms with Crippen molar-refractivity contribution < 1.29 is 4.79 Å². The number of nitrogens with zero attached hydrogens (tertiary/aromatic N) is 2. The zero-order valence-corrected chi connectivity index (χ0v) is 13.3. The molecule has 0 atom stereocenters. The molecule has 116 valence electrons. The minimum absolute atomic E-state index is 0.170. The van der Waals surface area contributed by atoms with Crippen LogP contribution in [0.25, 0.3) is 6.08 Å². The third kappa shape index (κ3) is 4.36. The molecule has 4 heteroatoms. The van der Waals surface area contributed by atoms with Crippen LogP contribution in [0.2, 0.25) is 0 Å². The smallest absolute Gasteiger partial charge is 0.262 e. The second kappa shape index (κ2) is 7.65. The lowest BCUT2D eigenvalue weighted by atomic mass is 9.95. The van der Waals surface area contributed by atoms with Gasteiger partial charge in [-0.1, -0.05) is 31.4 Å². The largest absolute Gasteiger partial charge is 0.378 e. The highest BCUT2D eigenvalue weighted by Crippen LogP contribution is 2.18. The van der Waals surface area contributed by atoms with E-state index in [9.17, 15) is 10.1 Å². The molecular weight excluding hydrogens is 274 g/mol. The number of carbonyl (C=O) groups is 1. The Morgan fingerprint density at radius 2 is 1.86 bits per heavy atom. The Bertz CT molecular complexity index is 575. The standard InChI is InChI=1S/C18H23N3O/c1-21(2)17-10-8-14(9-11-17)12-15(13-19)18(22)20-16-6-4-3-5-7-16/h8-12,16H,3-7H2,1-2H3,(H,20,22)/b15-12+. The first-order valence-corrected chi connectivity index (χ1v) is 7.80. The van der Waals surface area contributed by atoms with Crippen molar-refractivity contribution in [2.45, 2.75) is 38.1 Å². The monoisotopic (exact) mass is 297 g/mol. The fraction of sp³-hybridized carbons (Fsp3) is 0.444. The summed E-state index contributed by atoms with van der Waals surface area (Å²) in [5.41, 5.74) is 2.12. The summed E-state index contributed by atoms with van der Waals surface area (Å²) in [6, 6.07) is 10.0. The lowest BCUT2D eigenvalue weighted by Crippen LogP contribution is -2.36. The van der Waals surface area contributed by atoms with Gasteiger partial charge in [-0.3, -0.25) is 4.79 Å². The van der Waals surface area contributed by atoms with Gasteiger partial charge >= 0.3 is 0 Å². The van der Waals surface area contributed by atoms with Gasteiger partial charge in [0.2, 0.25) is 0 Å². The Balaban J connectivity index is 2.06. The molecule has 1 aromatic rings. The van der Waals surface area contributed by atoms with Gasteiger partial charge in [-0.15, -0.1) is 0 Å². The summed E-state index contributed by atoms with van der Waals surface area (Å²) in [6.07, 6.45) is 7.23. The zero-order valence-electron chi connectivity index (χ0n) is 13.3. The molecule has 1 aromatic carbocycles. The fourth-order valence-corrected chi connectivity index (χ4v) is 2.69. The summed E-state index contributed by atoms with van der Waals surface area (Å²) in [5, 5.41) is 12.2. The molecule has 1 aliphatic carbocycles. The number of nitrogens with one attached hydrogen (secondary N) is 1. The number of amides is 1. The van der Waals surface area contributed by atoms with Gasteiger partial charge in [0.15, 0.2) is 0 Å². The van der Waals surface area contributed by atoms with Crippen molar-refractivity contribution in [1.82, 2.24) is 5.32 Å². The molecule has 0 aliphatic heterocycles. The van der Waals surface area contributed by atoms with Crippen molar-refractivity contribution in [2.24, 2.45) is 0 Å². The van der Waals surface area contributed by atoms with Crippen LogP contribution in [0.1, 0.15) is 37.7 Å². The molecule has 1 fully saturated rings. The highest BCUT2D eigenvalue weighted by atomic mass is 16.1.